The fourth-order valence-corrected chi connectivity index (χ4v) is 3.14. The maximum absolute atomic E-state index is 11.7. The number of hydrogen-bond donors (Lipinski definition) is 6. The van der Waals surface area contributed by atoms with Crippen molar-refractivity contribution in [1.29, 1.82) is 0 Å². The minimum absolute atomic E-state index is 0.288. The van der Waals surface area contributed by atoms with E-state index in [0.29, 0.717) is 10.1 Å². The Morgan fingerprint density at radius 3 is 1.17 bits per heavy atom. The molecule has 0 heterocycles. The number of carbonyl (C=O) groups excluding carboxylic acids is 2. The number of aliphatic hydroxyl groups is 4. The van der Waals surface area contributed by atoms with Crippen LogP contribution in [0.5, 0.6) is 0 Å². The number of hydroxylamine groups is 4. The van der Waals surface area contributed by atoms with Crippen LogP contribution in [0.2, 0.25) is 0 Å². The largest absolute Gasteiger partial charge is 0.546 e. The molecular weight excluding hydrogens is 458 g/mol. The third-order valence-electron chi connectivity index (χ3n) is 2.60. The van der Waals surface area contributed by atoms with Gasteiger partial charge in [0, 0.05) is 38.3 Å². The Hall–Kier alpha value is -1.26. The highest BCUT2D eigenvalue weighted by molar-refractivity contribution is 7.48. The van der Waals surface area contributed by atoms with Gasteiger partial charge in [-0.25, -0.2) is 18.7 Å². The van der Waals surface area contributed by atoms with Gasteiger partial charge in [-0.2, -0.15) is 19.4 Å². The van der Waals surface area contributed by atoms with Gasteiger partial charge < -0.3 is 29.5 Å². The van der Waals surface area contributed by atoms with Crippen molar-refractivity contribution >= 4 is 27.6 Å². The fraction of sp³-hybridized carbons (Fsp3) is 0.667. The van der Waals surface area contributed by atoms with E-state index < -0.39 is 54.0 Å². The topological polar surface area (TPSA) is 233 Å². The molecule has 2 atom stereocenters. The standard InChI is InChI=1S/C12H24N2O14P2/c15-7-3-13(4-8-16)27-29(21,22)25-11(19)1-2-12(20)26-30(23,24)28-14(5-9-17)6-10-18/h1-2,15-18H,3-10H2,(H,21,22)(H,23,24)/b2-1+. The molecule has 0 aliphatic rings. The zero-order valence-electron chi connectivity index (χ0n) is 15.5. The van der Waals surface area contributed by atoms with Gasteiger partial charge in [-0.15, -0.1) is 0 Å². The second kappa shape index (κ2) is 14.7. The minimum atomic E-state index is -5.03. The molecule has 0 aliphatic heterocycles. The van der Waals surface area contributed by atoms with Crippen molar-refractivity contribution in [2.24, 2.45) is 0 Å². The van der Waals surface area contributed by atoms with Crippen molar-refractivity contribution in [1.82, 2.24) is 10.1 Å². The summed E-state index contributed by atoms with van der Waals surface area (Å²) in [5.74, 6) is -3.14. The summed E-state index contributed by atoms with van der Waals surface area (Å²) >= 11 is 0. The highest BCUT2D eigenvalue weighted by Gasteiger charge is 2.31. The fourth-order valence-electron chi connectivity index (χ4n) is 1.58. The van der Waals surface area contributed by atoms with Crippen LogP contribution in [0.15, 0.2) is 12.2 Å². The first kappa shape index (κ1) is 28.7. The Morgan fingerprint density at radius 2 is 0.933 bits per heavy atom. The lowest BCUT2D eigenvalue weighted by molar-refractivity contribution is -0.140. The van der Waals surface area contributed by atoms with E-state index in [1.54, 1.807) is 0 Å². The van der Waals surface area contributed by atoms with E-state index in [-0.39, 0.29) is 38.3 Å². The van der Waals surface area contributed by atoms with Crippen molar-refractivity contribution in [2.45, 2.75) is 0 Å². The van der Waals surface area contributed by atoms with Gasteiger partial charge in [0.05, 0.1) is 26.4 Å². The van der Waals surface area contributed by atoms with Gasteiger partial charge in [-0.1, -0.05) is 0 Å². The maximum Gasteiger partial charge on any atom is 0.546 e. The Labute approximate surface area is 170 Å². The first-order chi connectivity index (χ1) is 14.0. The van der Waals surface area contributed by atoms with Gasteiger partial charge in [-0.3, -0.25) is 9.79 Å². The SMILES string of the molecule is O=C(/C=C/C(=O)OP(=O)(O)ON(CCO)CCO)OP(=O)(O)ON(CCO)CCO. The Bertz CT molecular complexity index is 593. The van der Waals surface area contributed by atoms with E-state index in [1.165, 1.54) is 0 Å². The summed E-state index contributed by atoms with van der Waals surface area (Å²) < 4.78 is 40.5. The molecule has 0 rings (SSSR count). The van der Waals surface area contributed by atoms with Gasteiger partial charge in [0.1, 0.15) is 0 Å². The minimum Gasteiger partial charge on any atom is -0.395 e. The predicted molar refractivity (Wildman–Crippen MR) is 94.6 cm³/mol. The third-order valence-corrected chi connectivity index (χ3v) is 4.30. The van der Waals surface area contributed by atoms with Crippen LogP contribution < -0.4 is 0 Å². The van der Waals surface area contributed by atoms with Crippen molar-refractivity contribution < 1.29 is 67.2 Å². The number of phosphoric ester groups is 2. The van der Waals surface area contributed by atoms with Crippen LogP contribution in [0.4, 0.5) is 0 Å². The van der Waals surface area contributed by atoms with Crippen LogP contribution in [-0.2, 0) is 37.0 Å². The molecule has 0 aromatic rings. The van der Waals surface area contributed by atoms with Crippen molar-refractivity contribution in [3.63, 3.8) is 0 Å². The molecule has 0 aliphatic carbocycles. The first-order valence-electron chi connectivity index (χ1n) is 8.12. The van der Waals surface area contributed by atoms with Crippen LogP contribution in [0.3, 0.4) is 0 Å². The quantitative estimate of drug-likeness (QED) is 0.0744. The molecular formula is C12H24N2O14P2. The third kappa shape index (κ3) is 13.9. The molecule has 0 saturated heterocycles. The van der Waals surface area contributed by atoms with E-state index in [1.807, 2.05) is 0 Å². The van der Waals surface area contributed by atoms with Crippen LogP contribution in [0, 0.1) is 0 Å². The smallest absolute Gasteiger partial charge is 0.395 e. The maximum atomic E-state index is 11.7. The van der Waals surface area contributed by atoms with Crippen molar-refractivity contribution in [2.75, 3.05) is 52.6 Å². The molecule has 2 unspecified atom stereocenters. The number of aliphatic hydroxyl groups excluding tert-OH is 4. The molecule has 176 valence electrons. The van der Waals surface area contributed by atoms with E-state index in [2.05, 4.69) is 18.3 Å². The van der Waals surface area contributed by atoms with Crippen LogP contribution >= 0.6 is 15.6 Å². The zero-order chi connectivity index (χ0) is 23.2. The van der Waals surface area contributed by atoms with Gasteiger partial charge >= 0.3 is 27.6 Å². The molecule has 16 nitrogen and oxygen atoms in total. The molecule has 6 N–H and O–H groups in total. The lowest BCUT2D eigenvalue weighted by Crippen LogP contribution is -2.29. The molecule has 0 aromatic carbocycles. The van der Waals surface area contributed by atoms with Crippen LogP contribution in [0.25, 0.3) is 0 Å². The average Bonchev–Trinajstić information content (AvgIpc) is 2.59. The van der Waals surface area contributed by atoms with Gasteiger partial charge in [-0.05, 0) is 0 Å². The summed E-state index contributed by atoms with van der Waals surface area (Å²) in [6.45, 7) is -3.18. The number of carbonyl (C=O) groups is 2. The summed E-state index contributed by atoms with van der Waals surface area (Å²) in [5, 5.41) is 36.4. The van der Waals surface area contributed by atoms with Crippen molar-refractivity contribution in [3.05, 3.63) is 12.2 Å². The van der Waals surface area contributed by atoms with E-state index in [4.69, 9.17) is 20.4 Å². The van der Waals surface area contributed by atoms with Crippen molar-refractivity contribution in [3.8, 4) is 0 Å². The van der Waals surface area contributed by atoms with E-state index in [0.717, 1.165) is 0 Å². The first-order valence-corrected chi connectivity index (χ1v) is 11.1. The summed E-state index contributed by atoms with van der Waals surface area (Å²) in [4.78, 5) is 41.9. The lowest BCUT2D eigenvalue weighted by atomic mass is 10.5. The number of rotatable bonds is 16. The molecule has 0 spiro atoms. The van der Waals surface area contributed by atoms with Crippen LogP contribution in [0.1, 0.15) is 0 Å². The summed E-state index contributed by atoms with van der Waals surface area (Å²) in [7, 11) is -10.1. The second-order valence-electron chi connectivity index (χ2n) is 5.01. The van der Waals surface area contributed by atoms with Gasteiger partial charge in [0.15, 0.2) is 0 Å². The average molecular weight is 482 g/mol. The van der Waals surface area contributed by atoms with Gasteiger partial charge in [0.25, 0.3) is 0 Å². The van der Waals surface area contributed by atoms with Gasteiger partial charge in [0.2, 0.25) is 0 Å². The highest BCUT2D eigenvalue weighted by atomic mass is 31.2. The molecule has 0 radical (unpaired) electrons. The normalized spacial score (nSPS) is 15.9. The van der Waals surface area contributed by atoms with Crippen LogP contribution in [-0.4, -0.2) is 105 Å². The molecule has 0 saturated carbocycles. The molecule has 18 heteroatoms. The highest BCUT2D eigenvalue weighted by Crippen LogP contribution is 2.45. The molecule has 0 bridgehead atoms. The Morgan fingerprint density at radius 1 is 0.667 bits per heavy atom. The van der Waals surface area contributed by atoms with E-state index in [9.17, 15) is 28.5 Å². The second-order valence-corrected chi connectivity index (χ2v) is 7.57. The molecule has 0 fully saturated rings. The molecule has 30 heavy (non-hydrogen) atoms. The number of phosphoric acid groups is 2. The number of nitrogens with zero attached hydrogens (tertiary/aromatic N) is 2. The predicted octanol–water partition coefficient (Wildman–Crippen LogP) is -2.73. The summed E-state index contributed by atoms with van der Waals surface area (Å²) in [5.41, 5.74) is 0. The Kier molecular flexibility index (Phi) is 14.1. The lowest BCUT2D eigenvalue weighted by Gasteiger charge is -2.21. The summed E-state index contributed by atoms with van der Waals surface area (Å²) in [6.07, 6.45) is 0.576. The monoisotopic (exact) mass is 482 g/mol. The molecule has 0 aromatic heterocycles. The molecule has 0 amide bonds. The number of hydrogen-bond acceptors (Lipinski definition) is 14. The Balaban J connectivity index is 4.76. The summed E-state index contributed by atoms with van der Waals surface area (Å²) in [6, 6.07) is 0. The van der Waals surface area contributed by atoms with E-state index >= 15 is 0 Å². The zero-order valence-corrected chi connectivity index (χ0v) is 17.3.